The standard InChI is InChI=1S/C14H23NOS2/c1-2-15(10-13-4-3-8-18-13)14(16)6-5-12-7-9-17-11-12/h5-6,12-13H,2-4,7-11H2,1H3/b6-5+. The minimum atomic E-state index is 0.210. The number of hydrogen-bond donors (Lipinski definition) is 0. The lowest BCUT2D eigenvalue weighted by Crippen LogP contribution is -2.34. The van der Waals surface area contributed by atoms with E-state index in [1.165, 1.54) is 36.5 Å². The zero-order chi connectivity index (χ0) is 12.8. The maximum Gasteiger partial charge on any atom is 0.246 e. The van der Waals surface area contributed by atoms with Crippen molar-refractivity contribution in [2.24, 2.45) is 5.92 Å². The molecule has 0 saturated carbocycles. The maximum atomic E-state index is 12.1. The van der Waals surface area contributed by atoms with Crippen LogP contribution in [0, 0.1) is 5.92 Å². The maximum absolute atomic E-state index is 12.1. The average molecular weight is 285 g/mol. The molecule has 2 fully saturated rings. The number of carbonyl (C=O) groups excluding carboxylic acids is 1. The molecule has 102 valence electrons. The van der Waals surface area contributed by atoms with Gasteiger partial charge in [-0.05, 0) is 55.4 Å². The lowest BCUT2D eigenvalue weighted by atomic mass is 10.1. The number of thioether (sulfide) groups is 2. The van der Waals surface area contributed by atoms with E-state index in [-0.39, 0.29) is 5.91 Å². The molecule has 2 rings (SSSR count). The summed E-state index contributed by atoms with van der Waals surface area (Å²) < 4.78 is 0. The number of hydrogen-bond acceptors (Lipinski definition) is 3. The fraction of sp³-hybridized carbons (Fsp3) is 0.786. The molecule has 0 N–H and O–H groups in total. The van der Waals surface area contributed by atoms with Crippen LogP contribution in [-0.4, -0.2) is 46.4 Å². The van der Waals surface area contributed by atoms with Gasteiger partial charge in [-0.3, -0.25) is 4.79 Å². The van der Waals surface area contributed by atoms with Gasteiger partial charge in [0.2, 0.25) is 5.91 Å². The summed E-state index contributed by atoms with van der Waals surface area (Å²) in [5.41, 5.74) is 0. The van der Waals surface area contributed by atoms with E-state index in [1.807, 2.05) is 34.5 Å². The van der Waals surface area contributed by atoms with Crippen LogP contribution in [0.3, 0.4) is 0 Å². The summed E-state index contributed by atoms with van der Waals surface area (Å²) in [6.45, 7) is 3.85. The Morgan fingerprint density at radius 3 is 2.89 bits per heavy atom. The fourth-order valence-corrected chi connectivity index (χ4v) is 4.94. The molecule has 1 amide bonds. The zero-order valence-electron chi connectivity index (χ0n) is 11.1. The Balaban J connectivity index is 1.80. The van der Waals surface area contributed by atoms with E-state index in [4.69, 9.17) is 0 Å². The lowest BCUT2D eigenvalue weighted by molar-refractivity contribution is -0.125. The fourth-order valence-electron chi connectivity index (χ4n) is 2.44. The second-order valence-electron chi connectivity index (χ2n) is 4.99. The van der Waals surface area contributed by atoms with Gasteiger partial charge >= 0.3 is 0 Å². The predicted molar refractivity (Wildman–Crippen MR) is 82.3 cm³/mol. The summed E-state index contributed by atoms with van der Waals surface area (Å²) in [5, 5.41) is 0.671. The van der Waals surface area contributed by atoms with Gasteiger partial charge in [-0.2, -0.15) is 23.5 Å². The Bertz CT molecular complexity index is 294. The molecule has 0 aromatic rings. The third-order valence-corrected chi connectivity index (χ3v) is 6.19. The van der Waals surface area contributed by atoms with Crippen molar-refractivity contribution in [3.63, 3.8) is 0 Å². The van der Waals surface area contributed by atoms with Crippen molar-refractivity contribution in [1.29, 1.82) is 0 Å². The van der Waals surface area contributed by atoms with Crippen LogP contribution in [0.2, 0.25) is 0 Å². The average Bonchev–Trinajstić information content (AvgIpc) is 3.06. The number of allylic oxidation sites excluding steroid dienone is 1. The van der Waals surface area contributed by atoms with E-state index < -0.39 is 0 Å². The second-order valence-corrected chi connectivity index (χ2v) is 7.55. The van der Waals surface area contributed by atoms with Crippen LogP contribution in [-0.2, 0) is 4.79 Å². The van der Waals surface area contributed by atoms with E-state index in [1.54, 1.807) is 0 Å². The van der Waals surface area contributed by atoms with Crippen LogP contribution >= 0.6 is 23.5 Å². The minimum absolute atomic E-state index is 0.210. The molecule has 2 saturated heterocycles. The van der Waals surface area contributed by atoms with Gasteiger partial charge in [-0.15, -0.1) is 0 Å². The molecule has 0 radical (unpaired) electrons. The SMILES string of the molecule is CCN(CC1CCCS1)C(=O)/C=C/C1CCSC1. The molecule has 0 spiro atoms. The Labute approximate surface area is 119 Å². The molecule has 2 atom stereocenters. The molecular weight excluding hydrogens is 262 g/mol. The Morgan fingerprint density at radius 1 is 1.39 bits per heavy atom. The molecule has 2 aliphatic rings. The third-order valence-electron chi connectivity index (χ3n) is 3.62. The molecule has 18 heavy (non-hydrogen) atoms. The van der Waals surface area contributed by atoms with Crippen LogP contribution in [0.1, 0.15) is 26.2 Å². The van der Waals surface area contributed by atoms with Gasteiger partial charge in [0.1, 0.15) is 0 Å². The van der Waals surface area contributed by atoms with Gasteiger partial charge in [0.05, 0.1) is 0 Å². The van der Waals surface area contributed by atoms with E-state index >= 15 is 0 Å². The first-order valence-corrected chi connectivity index (χ1v) is 9.16. The molecule has 4 heteroatoms. The molecule has 0 aliphatic carbocycles. The van der Waals surface area contributed by atoms with Gasteiger partial charge in [-0.25, -0.2) is 0 Å². The molecule has 2 aliphatic heterocycles. The topological polar surface area (TPSA) is 20.3 Å². The lowest BCUT2D eigenvalue weighted by Gasteiger charge is -2.22. The monoisotopic (exact) mass is 285 g/mol. The number of likely N-dealkylation sites (N-methyl/N-ethyl adjacent to an activating group) is 1. The highest BCUT2D eigenvalue weighted by atomic mass is 32.2. The largest absolute Gasteiger partial charge is 0.338 e. The number of rotatable bonds is 5. The molecule has 0 aromatic carbocycles. The van der Waals surface area contributed by atoms with Gasteiger partial charge in [0.15, 0.2) is 0 Å². The summed E-state index contributed by atoms with van der Waals surface area (Å²) in [6, 6.07) is 0. The summed E-state index contributed by atoms with van der Waals surface area (Å²) in [5.74, 6) is 4.54. The summed E-state index contributed by atoms with van der Waals surface area (Å²) in [6.07, 6.45) is 7.78. The Morgan fingerprint density at radius 2 is 2.28 bits per heavy atom. The van der Waals surface area contributed by atoms with E-state index in [9.17, 15) is 4.79 Å². The molecule has 0 bridgehead atoms. The van der Waals surface area contributed by atoms with E-state index in [2.05, 4.69) is 13.0 Å². The zero-order valence-corrected chi connectivity index (χ0v) is 12.8. The highest BCUT2D eigenvalue weighted by Gasteiger charge is 2.20. The van der Waals surface area contributed by atoms with Crippen molar-refractivity contribution in [2.75, 3.05) is 30.3 Å². The number of carbonyl (C=O) groups is 1. The summed E-state index contributed by atoms with van der Waals surface area (Å²) in [4.78, 5) is 14.1. The Kier molecular flexibility index (Phi) is 5.96. The van der Waals surface area contributed by atoms with Crippen molar-refractivity contribution in [3.05, 3.63) is 12.2 Å². The van der Waals surface area contributed by atoms with Crippen molar-refractivity contribution < 1.29 is 4.79 Å². The first-order chi connectivity index (χ1) is 8.79. The summed E-state index contributed by atoms with van der Waals surface area (Å²) >= 11 is 4.02. The van der Waals surface area contributed by atoms with Crippen molar-refractivity contribution >= 4 is 29.4 Å². The van der Waals surface area contributed by atoms with Crippen LogP contribution < -0.4 is 0 Å². The van der Waals surface area contributed by atoms with Crippen molar-refractivity contribution in [3.8, 4) is 0 Å². The third kappa shape index (κ3) is 4.23. The van der Waals surface area contributed by atoms with Gasteiger partial charge < -0.3 is 4.90 Å². The smallest absolute Gasteiger partial charge is 0.246 e. The first-order valence-electron chi connectivity index (χ1n) is 6.96. The van der Waals surface area contributed by atoms with Crippen LogP contribution in [0.25, 0.3) is 0 Å². The van der Waals surface area contributed by atoms with Crippen molar-refractivity contribution in [2.45, 2.75) is 31.4 Å². The van der Waals surface area contributed by atoms with Crippen LogP contribution in [0.4, 0.5) is 0 Å². The second kappa shape index (κ2) is 7.49. The molecule has 2 heterocycles. The highest BCUT2D eigenvalue weighted by Crippen LogP contribution is 2.27. The molecule has 2 unspecified atom stereocenters. The minimum Gasteiger partial charge on any atom is -0.338 e. The predicted octanol–water partition coefficient (Wildman–Crippen LogP) is 3.04. The Hall–Kier alpha value is -0.0900. The van der Waals surface area contributed by atoms with Gasteiger partial charge in [0.25, 0.3) is 0 Å². The number of nitrogens with zero attached hydrogens (tertiary/aromatic N) is 1. The quantitative estimate of drug-likeness (QED) is 0.724. The van der Waals surface area contributed by atoms with Crippen LogP contribution in [0.5, 0.6) is 0 Å². The first kappa shape index (κ1) is 14.3. The normalized spacial score (nSPS) is 28.1. The van der Waals surface area contributed by atoms with Gasteiger partial charge in [0, 0.05) is 18.3 Å². The van der Waals surface area contributed by atoms with Crippen LogP contribution in [0.15, 0.2) is 12.2 Å². The number of amides is 1. The highest BCUT2D eigenvalue weighted by molar-refractivity contribution is 8.00. The molecule has 2 nitrogen and oxygen atoms in total. The van der Waals surface area contributed by atoms with E-state index in [0.717, 1.165) is 13.1 Å². The van der Waals surface area contributed by atoms with Crippen molar-refractivity contribution in [1.82, 2.24) is 4.90 Å². The molecule has 0 aromatic heterocycles. The van der Waals surface area contributed by atoms with E-state index in [0.29, 0.717) is 11.2 Å². The van der Waals surface area contributed by atoms with Gasteiger partial charge in [-0.1, -0.05) is 6.08 Å². The summed E-state index contributed by atoms with van der Waals surface area (Å²) in [7, 11) is 0. The molecular formula is C14H23NOS2.